The van der Waals surface area contributed by atoms with Gasteiger partial charge in [-0.2, -0.15) is 13.2 Å². The largest absolute Gasteiger partial charge is 0.434 e. The van der Waals surface area contributed by atoms with Gasteiger partial charge in [0.05, 0.1) is 6.54 Å². The number of hydrogen-bond acceptors (Lipinski definition) is 5. The Balaban J connectivity index is 1.63. The molecule has 1 aliphatic heterocycles. The van der Waals surface area contributed by atoms with E-state index in [-0.39, 0.29) is 6.54 Å². The lowest BCUT2D eigenvalue weighted by atomic mass is 9.88. The Kier molecular flexibility index (Phi) is 7.53. The summed E-state index contributed by atoms with van der Waals surface area (Å²) in [4.78, 5) is 11.8. The van der Waals surface area contributed by atoms with Gasteiger partial charge in [-0.1, -0.05) is 6.07 Å². The first-order valence-corrected chi connectivity index (χ1v) is 11.4. The van der Waals surface area contributed by atoms with Gasteiger partial charge in [-0.05, 0) is 50.7 Å². The smallest absolute Gasteiger partial charge is 0.357 e. The molecule has 0 bridgehead atoms. The fourth-order valence-electron chi connectivity index (χ4n) is 3.61. The van der Waals surface area contributed by atoms with Crippen molar-refractivity contribution in [3.8, 4) is 0 Å². The molecule has 2 atom stereocenters. The van der Waals surface area contributed by atoms with Gasteiger partial charge in [0, 0.05) is 29.4 Å². The molecule has 0 aliphatic carbocycles. The molecular formula is C19H26F3N5S2. The molecule has 1 aliphatic rings. The molecule has 1 saturated heterocycles. The molecule has 2 aromatic heterocycles. The van der Waals surface area contributed by atoms with E-state index in [0.29, 0.717) is 29.5 Å². The monoisotopic (exact) mass is 445 g/mol. The van der Waals surface area contributed by atoms with Crippen molar-refractivity contribution >= 4 is 28.6 Å². The molecule has 0 radical (unpaired) electrons. The SMILES string of the molecule is CCNC(=NCc1nc(C(F)(F)F)cs1)NCC1CCCN(C)C1c1cccs1. The van der Waals surface area contributed by atoms with Crippen molar-refractivity contribution in [1.29, 1.82) is 0 Å². The van der Waals surface area contributed by atoms with E-state index in [2.05, 4.69) is 50.1 Å². The molecule has 10 heteroatoms. The van der Waals surface area contributed by atoms with Crippen LogP contribution in [0.25, 0.3) is 0 Å². The maximum absolute atomic E-state index is 12.7. The minimum atomic E-state index is -4.41. The van der Waals surface area contributed by atoms with Crippen LogP contribution in [0.5, 0.6) is 0 Å². The number of halogens is 3. The van der Waals surface area contributed by atoms with E-state index in [1.165, 1.54) is 4.88 Å². The average molecular weight is 446 g/mol. The molecule has 2 aromatic rings. The van der Waals surface area contributed by atoms with Crippen LogP contribution in [0.15, 0.2) is 27.9 Å². The minimum Gasteiger partial charge on any atom is -0.357 e. The van der Waals surface area contributed by atoms with Crippen molar-refractivity contribution < 1.29 is 13.2 Å². The van der Waals surface area contributed by atoms with Gasteiger partial charge in [0.15, 0.2) is 11.7 Å². The van der Waals surface area contributed by atoms with Gasteiger partial charge in [-0.25, -0.2) is 9.98 Å². The van der Waals surface area contributed by atoms with Crippen molar-refractivity contribution in [2.45, 2.75) is 38.5 Å². The van der Waals surface area contributed by atoms with Gasteiger partial charge in [-0.3, -0.25) is 4.90 Å². The molecule has 160 valence electrons. The topological polar surface area (TPSA) is 52.6 Å². The third-order valence-corrected chi connectivity index (χ3v) is 6.71. The number of rotatable bonds is 6. The van der Waals surface area contributed by atoms with Crippen LogP contribution in [-0.2, 0) is 12.7 Å². The lowest BCUT2D eigenvalue weighted by Gasteiger charge is -2.39. The molecule has 1 fully saturated rings. The Morgan fingerprint density at radius 2 is 2.17 bits per heavy atom. The molecule has 3 heterocycles. The van der Waals surface area contributed by atoms with E-state index >= 15 is 0 Å². The van der Waals surface area contributed by atoms with Gasteiger partial charge in [0.1, 0.15) is 5.01 Å². The van der Waals surface area contributed by atoms with E-state index in [4.69, 9.17) is 0 Å². The second-order valence-electron chi connectivity index (χ2n) is 7.04. The summed E-state index contributed by atoms with van der Waals surface area (Å²) in [5.74, 6) is 1.04. The molecule has 0 spiro atoms. The standard InChI is InChI=1S/C19H26F3N5S2/c1-3-23-18(25-11-16-26-15(12-29-16)19(20,21)22)24-10-13-6-4-8-27(2)17(13)14-7-5-9-28-14/h5,7,9,12-13,17H,3-4,6,8,10-11H2,1-2H3,(H2,23,24,25). The predicted octanol–water partition coefficient (Wildman–Crippen LogP) is 4.36. The van der Waals surface area contributed by atoms with Crippen LogP contribution in [0.3, 0.4) is 0 Å². The van der Waals surface area contributed by atoms with Crippen LogP contribution in [0.1, 0.15) is 41.4 Å². The van der Waals surface area contributed by atoms with Crippen LogP contribution in [-0.4, -0.2) is 42.5 Å². The maximum atomic E-state index is 12.7. The molecule has 3 rings (SSSR count). The Hall–Kier alpha value is -1.65. The fourth-order valence-corrected chi connectivity index (χ4v) is 5.32. The third-order valence-electron chi connectivity index (χ3n) is 4.93. The van der Waals surface area contributed by atoms with Crippen LogP contribution < -0.4 is 10.6 Å². The summed E-state index contributed by atoms with van der Waals surface area (Å²) in [5.41, 5.74) is -0.852. The first-order valence-electron chi connectivity index (χ1n) is 9.66. The van der Waals surface area contributed by atoms with Crippen LogP contribution >= 0.6 is 22.7 Å². The quantitative estimate of drug-likeness (QED) is 0.512. The number of alkyl halides is 3. The van der Waals surface area contributed by atoms with Crippen LogP contribution in [0, 0.1) is 5.92 Å². The summed E-state index contributed by atoms with van der Waals surface area (Å²) >= 11 is 2.76. The Morgan fingerprint density at radius 3 is 2.83 bits per heavy atom. The number of nitrogens with zero attached hydrogens (tertiary/aromatic N) is 3. The predicted molar refractivity (Wildman–Crippen MR) is 112 cm³/mol. The molecule has 0 aromatic carbocycles. The van der Waals surface area contributed by atoms with E-state index in [1.807, 2.05) is 6.92 Å². The summed E-state index contributed by atoms with van der Waals surface area (Å²) in [6.45, 7) is 4.60. The lowest BCUT2D eigenvalue weighted by molar-refractivity contribution is -0.140. The number of aliphatic imine (C=N–C) groups is 1. The highest BCUT2D eigenvalue weighted by Gasteiger charge is 2.34. The molecule has 29 heavy (non-hydrogen) atoms. The molecule has 2 N–H and O–H groups in total. The molecule has 5 nitrogen and oxygen atoms in total. The lowest BCUT2D eigenvalue weighted by Crippen LogP contribution is -2.44. The Labute approximate surface area is 177 Å². The van der Waals surface area contributed by atoms with Crippen LogP contribution in [0.2, 0.25) is 0 Å². The summed E-state index contributed by atoms with van der Waals surface area (Å²) in [7, 11) is 2.16. The zero-order valence-electron chi connectivity index (χ0n) is 16.5. The summed E-state index contributed by atoms with van der Waals surface area (Å²) in [5, 5.41) is 10.0. The van der Waals surface area contributed by atoms with Crippen molar-refractivity contribution in [3.05, 3.63) is 38.5 Å². The minimum absolute atomic E-state index is 0.120. The van der Waals surface area contributed by atoms with Gasteiger partial charge >= 0.3 is 6.18 Å². The van der Waals surface area contributed by atoms with Gasteiger partial charge in [0.25, 0.3) is 0 Å². The van der Waals surface area contributed by atoms with E-state index in [1.54, 1.807) is 11.3 Å². The summed E-state index contributed by atoms with van der Waals surface area (Å²) in [6, 6.07) is 4.64. The first kappa shape index (κ1) is 22.0. The summed E-state index contributed by atoms with van der Waals surface area (Å²) < 4.78 is 38.1. The molecule has 2 unspecified atom stereocenters. The number of aromatic nitrogens is 1. The highest BCUT2D eigenvalue weighted by atomic mass is 32.1. The van der Waals surface area contributed by atoms with Crippen molar-refractivity contribution in [2.75, 3.05) is 26.7 Å². The normalized spacial score (nSPS) is 21.3. The third kappa shape index (κ3) is 5.93. The van der Waals surface area contributed by atoms with E-state index in [9.17, 15) is 13.2 Å². The van der Waals surface area contributed by atoms with E-state index in [0.717, 1.165) is 42.6 Å². The van der Waals surface area contributed by atoms with Gasteiger partial charge in [-0.15, -0.1) is 22.7 Å². The zero-order chi connectivity index (χ0) is 20.9. The Morgan fingerprint density at radius 1 is 1.34 bits per heavy atom. The molecular weight excluding hydrogens is 419 g/mol. The second-order valence-corrected chi connectivity index (χ2v) is 8.97. The van der Waals surface area contributed by atoms with Gasteiger partial charge < -0.3 is 10.6 Å². The number of nitrogens with one attached hydrogen (secondary N) is 2. The maximum Gasteiger partial charge on any atom is 0.434 e. The Bertz CT molecular complexity index is 788. The average Bonchev–Trinajstić information content (AvgIpc) is 3.35. The molecule has 0 amide bonds. The number of likely N-dealkylation sites (tertiary alicyclic amines) is 1. The number of piperidine rings is 1. The second kappa shape index (κ2) is 9.90. The van der Waals surface area contributed by atoms with Crippen molar-refractivity contribution in [2.24, 2.45) is 10.9 Å². The first-order chi connectivity index (χ1) is 13.9. The fraction of sp³-hybridized carbons (Fsp3) is 0.579. The summed E-state index contributed by atoms with van der Waals surface area (Å²) in [6.07, 6.45) is -2.14. The number of hydrogen-bond donors (Lipinski definition) is 2. The highest BCUT2D eigenvalue weighted by molar-refractivity contribution is 7.10. The van der Waals surface area contributed by atoms with Crippen LogP contribution in [0.4, 0.5) is 13.2 Å². The zero-order valence-corrected chi connectivity index (χ0v) is 18.1. The number of guanidine groups is 1. The molecule has 0 saturated carbocycles. The number of thiophene rings is 1. The van der Waals surface area contributed by atoms with Gasteiger partial charge in [0.2, 0.25) is 0 Å². The number of thiazole rings is 1. The van der Waals surface area contributed by atoms with E-state index < -0.39 is 11.9 Å². The highest BCUT2D eigenvalue weighted by Crippen LogP contribution is 2.36. The van der Waals surface area contributed by atoms with Crippen molar-refractivity contribution in [1.82, 2.24) is 20.5 Å². The van der Waals surface area contributed by atoms with Crippen molar-refractivity contribution in [3.63, 3.8) is 0 Å².